The number of nitrogens with zero attached hydrogens (tertiary/aromatic N) is 3. The molecule has 5 nitrogen and oxygen atoms in total. The summed E-state index contributed by atoms with van der Waals surface area (Å²) < 4.78 is 21.5. The van der Waals surface area contributed by atoms with Gasteiger partial charge in [-0.25, -0.2) is 9.18 Å². The zero-order valence-corrected chi connectivity index (χ0v) is 15.5. The monoisotopic (exact) mass is 431 g/mol. The summed E-state index contributed by atoms with van der Waals surface area (Å²) in [6.45, 7) is 6.76. The fourth-order valence-corrected chi connectivity index (χ4v) is 3.45. The molecular weight excluding hydrogens is 412 g/mol. The van der Waals surface area contributed by atoms with Crippen molar-refractivity contribution in [1.82, 2.24) is 14.7 Å². The topological polar surface area (TPSA) is 47.4 Å². The number of amides is 1. The standard InChI is InChI=1S/C16H19FIN3O2/c1-16(2,3)23-15(22)20-7-6-11(9-20)21-13-5-4-10(17)8-12(13)14(18)19-21/h4-5,8,11H,6-7,9H2,1-3H3. The van der Waals surface area contributed by atoms with Gasteiger partial charge in [-0.15, -0.1) is 0 Å². The molecule has 1 saturated heterocycles. The molecule has 2 heterocycles. The molecule has 1 aromatic heterocycles. The minimum absolute atomic E-state index is 0.0824. The van der Waals surface area contributed by atoms with Crippen LogP contribution in [-0.4, -0.2) is 39.5 Å². The third kappa shape index (κ3) is 3.44. The van der Waals surface area contributed by atoms with E-state index in [4.69, 9.17) is 4.74 Å². The Hall–Kier alpha value is -1.38. The largest absolute Gasteiger partial charge is 0.444 e. The van der Waals surface area contributed by atoms with Crippen LogP contribution in [0.1, 0.15) is 33.2 Å². The number of carbonyl (C=O) groups is 1. The number of fused-ring (bicyclic) bond motifs is 1. The van der Waals surface area contributed by atoms with Gasteiger partial charge >= 0.3 is 6.09 Å². The minimum atomic E-state index is -0.500. The highest BCUT2D eigenvalue weighted by Gasteiger charge is 2.32. The van der Waals surface area contributed by atoms with E-state index in [2.05, 4.69) is 27.7 Å². The summed E-state index contributed by atoms with van der Waals surface area (Å²) in [6, 6.07) is 4.77. The fourth-order valence-electron chi connectivity index (χ4n) is 2.79. The Balaban J connectivity index is 1.81. The second kappa shape index (κ2) is 5.92. The molecule has 1 aliphatic heterocycles. The first-order valence-corrected chi connectivity index (χ1v) is 8.64. The molecule has 1 unspecified atom stereocenters. The second-order valence-corrected chi connectivity index (χ2v) is 7.79. The smallest absolute Gasteiger partial charge is 0.410 e. The van der Waals surface area contributed by atoms with E-state index >= 15 is 0 Å². The van der Waals surface area contributed by atoms with Crippen LogP contribution >= 0.6 is 22.6 Å². The first kappa shape index (κ1) is 16.5. The molecule has 0 spiro atoms. The molecule has 0 saturated carbocycles. The first-order valence-electron chi connectivity index (χ1n) is 7.56. The number of aromatic nitrogens is 2. The maximum atomic E-state index is 13.4. The van der Waals surface area contributed by atoms with Crippen LogP contribution in [0.25, 0.3) is 10.9 Å². The molecule has 1 aromatic carbocycles. The van der Waals surface area contributed by atoms with E-state index < -0.39 is 5.60 Å². The van der Waals surface area contributed by atoms with Crippen LogP contribution in [0.5, 0.6) is 0 Å². The van der Waals surface area contributed by atoms with Crippen LogP contribution < -0.4 is 0 Å². The zero-order valence-electron chi connectivity index (χ0n) is 13.3. The molecule has 0 radical (unpaired) electrons. The molecule has 1 amide bonds. The predicted octanol–water partition coefficient (Wildman–Crippen LogP) is 3.96. The lowest BCUT2D eigenvalue weighted by atomic mass is 10.2. The highest BCUT2D eigenvalue weighted by Crippen LogP contribution is 2.29. The Labute approximate surface area is 147 Å². The summed E-state index contributed by atoms with van der Waals surface area (Å²) in [4.78, 5) is 13.9. The zero-order chi connectivity index (χ0) is 16.8. The van der Waals surface area contributed by atoms with Crippen LogP contribution in [0.3, 0.4) is 0 Å². The normalized spacial score (nSPS) is 18.7. The van der Waals surface area contributed by atoms with Gasteiger partial charge in [-0.3, -0.25) is 4.68 Å². The van der Waals surface area contributed by atoms with Gasteiger partial charge in [-0.2, -0.15) is 5.10 Å². The van der Waals surface area contributed by atoms with Crippen molar-refractivity contribution in [3.63, 3.8) is 0 Å². The van der Waals surface area contributed by atoms with Crippen molar-refractivity contribution in [1.29, 1.82) is 0 Å². The van der Waals surface area contributed by atoms with E-state index in [1.807, 2.05) is 25.5 Å². The first-order chi connectivity index (χ1) is 10.7. The van der Waals surface area contributed by atoms with Gasteiger partial charge in [0.15, 0.2) is 0 Å². The van der Waals surface area contributed by atoms with Crippen molar-refractivity contribution in [3.05, 3.63) is 27.7 Å². The molecular formula is C16H19FIN3O2. The van der Waals surface area contributed by atoms with Crippen LogP contribution in [0.2, 0.25) is 0 Å². The molecule has 1 fully saturated rings. The Morgan fingerprint density at radius 2 is 2.17 bits per heavy atom. The van der Waals surface area contributed by atoms with Crippen LogP contribution in [-0.2, 0) is 4.74 Å². The minimum Gasteiger partial charge on any atom is -0.444 e. The molecule has 1 aliphatic rings. The van der Waals surface area contributed by atoms with E-state index in [1.54, 1.807) is 11.0 Å². The maximum Gasteiger partial charge on any atom is 0.410 e. The van der Waals surface area contributed by atoms with Crippen LogP contribution in [0.15, 0.2) is 18.2 Å². The molecule has 3 rings (SSSR count). The van der Waals surface area contributed by atoms with Crippen molar-refractivity contribution in [2.45, 2.75) is 38.8 Å². The number of benzene rings is 1. The summed E-state index contributed by atoms with van der Waals surface area (Å²) in [6.07, 6.45) is 0.515. The Bertz CT molecular complexity index is 754. The van der Waals surface area contributed by atoms with Gasteiger partial charge in [-0.1, -0.05) is 0 Å². The van der Waals surface area contributed by atoms with Crippen LogP contribution in [0.4, 0.5) is 9.18 Å². The van der Waals surface area contributed by atoms with Gasteiger partial charge < -0.3 is 9.64 Å². The Morgan fingerprint density at radius 1 is 1.43 bits per heavy atom. The molecule has 2 aromatic rings. The van der Waals surface area contributed by atoms with E-state index in [0.717, 1.165) is 21.0 Å². The van der Waals surface area contributed by atoms with Crippen LogP contribution in [0, 0.1) is 9.52 Å². The number of hydrogen-bond acceptors (Lipinski definition) is 3. The van der Waals surface area contributed by atoms with E-state index in [1.165, 1.54) is 12.1 Å². The SMILES string of the molecule is CC(C)(C)OC(=O)N1CCC(n2nc(I)c3cc(F)ccc32)C1. The van der Waals surface area contributed by atoms with Crippen molar-refractivity contribution in [2.75, 3.05) is 13.1 Å². The average molecular weight is 431 g/mol. The summed E-state index contributed by atoms with van der Waals surface area (Å²) in [5, 5.41) is 5.35. The summed E-state index contributed by atoms with van der Waals surface area (Å²) >= 11 is 2.11. The van der Waals surface area contributed by atoms with Gasteiger partial charge in [0, 0.05) is 18.5 Å². The number of hydrogen-bond donors (Lipinski definition) is 0. The number of rotatable bonds is 1. The molecule has 1 atom stereocenters. The summed E-state index contributed by atoms with van der Waals surface area (Å²) in [5.74, 6) is -0.267. The fraction of sp³-hybridized carbons (Fsp3) is 0.500. The molecule has 0 bridgehead atoms. The molecule has 23 heavy (non-hydrogen) atoms. The summed E-state index contributed by atoms with van der Waals surface area (Å²) in [7, 11) is 0. The molecule has 124 valence electrons. The average Bonchev–Trinajstić information content (AvgIpc) is 3.02. The quantitative estimate of drug-likeness (QED) is 0.643. The van der Waals surface area contributed by atoms with Gasteiger partial charge in [0.1, 0.15) is 15.1 Å². The molecule has 0 aliphatic carbocycles. The van der Waals surface area contributed by atoms with Gasteiger partial charge in [0.25, 0.3) is 0 Å². The van der Waals surface area contributed by atoms with Gasteiger partial charge in [-0.05, 0) is 68.0 Å². The highest BCUT2D eigenvalue weighted by atomic mass is 127. The van der Waals surface area contributed by atoms with Crippen molar-refractivity contribution in [2.24, 2.45) is 0 Å². The predicted molar refractivity (Wildman–Crippen MR) is 93.9 cm³/mol. The highest BCUT2D eigenvalue weighted by molar-refractivity contribution is 14.1. The van der Waals surface area contributed by atoms with Gasteiger partial charge in [0.05, 0.1) is 11.6 Å². The molecule has 0 N–H and O–H groups in total. The van der Waals surface area contributed by atoms with E-state index in [0.29, 0.717) is 13.1 Å². The maximum absolute atomic E-state index is 13.4. The number of carbonyl (C=O) groups excluding carboxylic acids is 1. The third-order valence-corrected chi connectivity index (χ3v) is 4.58. The lowest BCUT2D eigenvalue weighted by Crippen LogP contribution is -2.35. The third-order valence-electron chi connectivity index (χ3n) is 3.78. The number of likely N-dealkylation sites (tertiary alicyclic amines) is 1. The second-order valence-electron chi connectivity index (χ2n) is 6.77. The van der Waals surface area contributed by atoms with Crippen molar-refractivity contribution < 1.29 is 13.9 Å². The lowest BCUT2D eigenvalue weighted by Gasteiger charge is -2.24. The number of ether oxygens (including phenoxy) is 1. The molecule has 7 heteroatoms. The lowest BCUT2D eigenvalue weighted by molar-refractivity contribution is 0.0288. The number of halogens is 2. The van der Waals surface area contributed by atoms with Gasteiger partial charge in [0.2, 0.25) is 0 Å². The van der Waals surface area contributed by atoms with E-state index in [-0.39, 0.29) is 18.0 Å². The summed E-state index contributed by atoms with van der Waals surface area (Å²) in [5.41, 5.74) is 0.396. The van der Waals surface area contributed by atoms with E-state index in [9.17, 15) is 9.18 Å². The Morgan fingerprint density at radius 3 is 2.87 bits per heavy atom. The van der Waals surface area contributed by atoms with Crippen molar-refractivity contribution >= 4 is 39.6 Å². The van der Waals surface area contributed by atoms with Crippen molar-refractivity contribution in [3.8, 4) is 0 Å². The Kier molecular flexibility index (Phi) is 4.24.